The molecule has 0 unspecified atom stereocenters. The van der Waals surface area contributed by atoms with Gasteiger partial charge in [0.25, 0.3) is 0 Å². The van der Waals surface area contributed by atoms with Crippen molar-refractivity contribution in [3.63, 3.8) is 0 Å². The minimum Gasteiger partial charge on any atom is -0.463 e. The molecule has 0 heterocycles. The molecule has 0 saturated carbocycles. The molecule has 4 nitrogen and oxygen atoms in total. The van der Waals surface area contributed by atoms with Crippen LogP contribution in [0.3, 0.4) is 0 Å². The standard InChI is InChI=1S/C16H18O4/c1-4-10-20-16(18)14-8-6-13(7-9-14)11-12(3)15(17)19-5-2/h4,6-9,11H,1,5,10H2,2-3H3. The van der Waals surface area contributed by atoms with Crippen molar-refractivity contribution in [1.29, 1.82) is 0 Å². The number of rotatable bonds is 6. The van der Waals surface area contributed by atoms with Gasteiger partial charge < -0.3 is 9.47 Å². The first-order chi connectivity index (χ1) is 9.58. The fourth-order valence-electron chi connectivity index (χ4n) is 1.49. The molecule has 0 fully saturated rings. The molecular weight excluding hydrogens is 256 g/mol. The molecule has 0 radical (unpaired) electrons. The molecule has 0 aliphatic carbocycles. The first-order valence-electron chi connectivity index (χ1n) is 6.32. The number of ether oxygens (including phenoxy) is 2. The fraction of sp³-hybridized carbons (Fsp3) is 0.250. The van der Waals surface area contributed by atoms with E-state index in [4.69, 9.17) is 9.47 Å². The summed E-state index contributed by atoms with van der Waals surface area (Å²) < 4.78 is 9.81. The molecule has 0 aliphatic rings. The lowest BCUT2D eigenvalue weighted by molar-refractivity contribution is -0.138. The third kappa shape index (κ3) is 4.72. The van der Waals surface area contributed by atoms with Gasteiger partial charge in [0.05, 0.1) is 12.2 Å². The van der Waals surface area contributed by atoms with E-state index in [2.05, 4.69) is 6.58 Å². The average molecular weight is 274 g/mol. The summed E-state index contributed by atoms with van der Waals surface area (Å²) in [5.41, 5.74) is 1.78. The number of hydrogen-bond acceptors (Lipinski definition) is 4. The van der Waals surface area contributed by atoms with Crippen molar-refractivity contribution in [2.75, 3.05) is 13.2 Å². The van der Waals surface area contributed by atoms with Crippen molar-refractivity contribution in [2.24, 2.45) is 0 Å². The molecule has 0 spiro atoms. The normalized spacial score (nSPS) is 10.8. The SMILES string of the molecule is C=CCOC(=O)c1ccc(C=C(C)C(=O)OCC)cc1. The highest BCUT2D eigenvalue weighted by Gasteiger charge is 2.07. The van der Waals surface area contributed by atoms with Gasteiger partial charge in [-0.1, -0.05) is 24.8 Å². The van der Waals surface area contributed by atoms with E-state index in [0.717, 1.165) is 5.56 Å². The molecule has 106 valence electrons. The Morgan fingerprint density at radius 2 is 1.85 bits per heavy atom. The average Bonchev–Trinajstić information content (AvgIpc) is 2.45. The Morgan fingerprint density at radius 3 is 2.40 bits per heavy atom. The molecule has 20 heavy (non-hydrogen) atoms. The van der Waals surface area contributed by atoms with Gasteiger partial charge in [-0.15, -0.1) is 0 Å². The zero-order chi connectivity index (χ0) is 15.0. The summed E-state index contributed by atoms with van der Waals surface area (Å²) in [7, 11) is 0. The predicted molar refractivity (Wildman–Crippen MR) is 77.2 cm³/mol. The van der Waals surface area contributed by atoms with Gasteiger partial charge in [-0.25, -0.2) is 9.59 Å². The lowest BCUT2D eigenvalue weighted by Crippen LogP contribution is -2.05. The van der Waals surface area contributed by atoms with Crippen LogP contribution in [0.4, 0.5) is 0 Å². The van der Waals surface area contributed by atoms with Crippen molar-refractivity contribution in [3.8, 4) is 0 Å². The Labute approximate surface area is 118 Å². The molecule has 0 aromatic heterocycles. The molecule has 0 saturated heterocycles. The van der Waals surface area contributed by atoms with Crippen LogP contribution in [0, 0.1) is 0 Å². The van der Waals surface area contributed by atoms with Crippen molar-refractivity contribution >= 4 is 18.0 Å². The van der Waals surface area contributed by atoms with E-state index in [1.165, 1.54) is 6.08 Å². The Balaban J connectivity index is 2.76. The summed E-state index contributed by atoms with van der Waals surface area (Å²) in [4.78, 5) is 23.0. The van der Waals surface area contributed by atoms with E-state index >= 15 is 0 Å². The van der Waals surface area contributed by atoms with Gasteiger partial charge >= 0.3 is 11.9 Å². The predicted octanol–water partition coefficient (Wildman–Crippen LogP) is 3.00. The topological polar surface area (TPSA) is 52.6 Å². The third-order valence-electron chi connectivity index (χ3n) is 2.46. The maximum Gasteiger partial charge on any atom is 0.338 e. The van der Waals surface area contributed by atoms with Gasteiger partial charge in [0.2, 0.25) is 0 Å². The summed E-state index contributed by atoms with van der Waals surface area (Å²) in [5, 5.41) is 0. The summed E-state index contributed by atoms with van der Waals surface area (Å²) in [6.07, 6.45) is 3.22. The van der Waals surface area contributed by atoms with Crippen LogP contribution in [-0.4, -0.2) is 25.2 Å². The molecule has 0 atom stereocenters. The van der Waals surface area contributed by atoms with E-state index < -0.39 is 5.97 Å². The Kier molecular flexibility index (Phi) is 6.23. The quantitative estimate of drug-likeness (QED) is 0.454. The highest BCUT2D eigenvalue weighted by Crippen LogP contribution is 2.11. The van der Waals surface area contributed by atoms with E-state index in [9.17, 15) is 9.59 Å². The van der Waals surface area contributed by atoms with Gasteiger partial charge in [-0.3, -0.25) is 0 Å². The molecule has 0 amide bonds. The second kappa shape index (κ2) is 7.94. The summed E-state index contributed by atoms with van der Waals surface area (Å²) in [6.45, 7) is 7.45. The lowest BCUT2D eigenvalue weighted by atomic mass is 10.1. The van der Waals surface area contributed by atoms with E-state index in [-0.39, 0.29) is 12.6 Å². The maximum absolute atomic E-state index is 11.6. The van der Waals surface area contributed by atoms with Gasteiger partial charge in [-0.2, -0.15) is 0 Å². The monoisotopic (exact) mass is 274 g/mol. The van der Waals surface area contributed by atoms with Gasteiger partial charge in [0.15, 0.2) is 0 Å². The van der Waals surface area contributed by atoms with Crippen LogP contribution in [0.5, 0.6) is 0 Å². The second-order valence-electron chi connectivity index (χ2n) is 4.06. The van der Waals surface area contributed by atoms with Crippen molar-refractivity contribution < 1.29 is 19.1 Å². The summed E-state index contributed by atoms with van der Waals surface area (Å²) in [6, 6.07) is 6.78. The molecule has 4 heteroatoms. The molecule has 0 aliphatic heterocycles. The third-order valence-corrected chi connectivity index (χ3v) is 2.46. The molecule has 1 rings (SSSR count). The number of carbonyl (C=O) groups excluding carboxylic acids is 2. The number of esters is 2. The highest BCUT2D eigenvalue weighted by atomic mass is 16.5. The van der Waals surface area contributed by atoms with Crippen LogP contribution in [0.15, 0.2) is 42.5 Å². The Bertz CT molecular complexity index is 512. The lowest BCUT2D eigenvalue weighted by Gasteiger charge is -2.03. The molecule has 1 aromatic rings. The molecular formula is C16H18O4. The van der Waals surface area contributed by atoms with E-state index in [1.807, 2.05) is 0 Å². The van der Waals surface area contributed by atoms with Crippen molar-refractivity contribution in [3.05, 3.63) is 53.6 Å². The van der Waals surface area contributed by atoms with E-state index in [0.29, 0.717) is 17.7 Å². The fourth-order valence-corrected chi connectivity index (χ4v) is 1.49. The van der Waals surface area contributed by atoms with Crippen LogP contribution >= 0.6 is 0 Å². The van der Waals surface area contributed by atoms with Crippen LogP contribution < -0.4 is 0 Å². The van der Waals surface area contributed by atoms with Gasteiger partial charge in [0.1, 0.15) is 6.61 Å². The summed E-state index contributed by atoms with van der Waals surface area (Å²) >= 11 is 0. The van der Waals surface area contributed by atoms with Gasteiger partial charge in [0, 0.05) is 5.57 Å². The van der Waals surface area contributed by atoms with Crippen LogP contribution in [-0.2, 0) is 14.3 Å². The minimum absolute atomic E-state index is 0.183. The highest BCUT2D eigenvalue weighted by molar-refractivity contribution is 5.93. The molecule has 0 bridgehead atoms. The first-order valence-corrected chi connectivity index (χ1v) is 6.32. The number of carbonyl (C=O) groups is 2. The van der Waals surface area contributed by atoms with Crippen molar-refractivity contribution in [2.45, 2.75) is 13.8 Å². The first kappa shape index (κ1) is 15.7. The molecule has 1 aromatic carbocycles. The van der Waals surface area contributed by atoms with Crippen LogP contribution in [0.25, 0.3) is 6.08 Å². The maximum atomic E-state index is 11.6. The zero-order valence-electron chi connectivity index (χ0n) is 11.7. The minimum atomic E-state index is -0.400. The van der Waals surface area contributed by atoms with Crippen molar-refractivity contribution in [1.82, 2.24) is 0 Å². The summed E-state index contributed by atoms with van der Waals surface area (Å²) in [5.74, 6) is -0.746. The second-order valence-corrected chi connectivity index (χ2v) is 4.06. The smallest absolute Gasteiger partial charge is 0.338 e. The Morgan fingerprint density at radius 1 is 1.20 bits per heavy atom. The number of benzene rings is 1. The number of hydrogen-bond donors (Lipinski definition) is 0. The van der Waals surface area contributed by atoms with Crippen LogP contribution in [0.2, 0.25) is 0 Å². The Hall–Kier alpha value is -2.36. The van der Waals surface area contributed by atoms with Gasteiger partial charge in [-0.05, 0) is 37.6 Å². The molecule has 0 N–H and O–H groups in total. The zero-order valence-corrected chi connectivity index (χ0v) is 11.7. The van der Waals surface area contributed by atoms with Crippen LogP contribution in [0.1, 0.15) is 29.8 Å². The van der Waals surface area contributed by atoms with E-state index in [1.54, 1.807) is 44.2 Å². The largest absolute Gasteiger partial charge is 0.463 e.